The lowest BCUT2D eigenvalue weighted by Gasteiger charge is -2.09. The van der Waals surface area contributed by atoms with Crippen molar-refractivity contribution in [1.29, 1.82) is 0 Å². The van der Waals surface area contributed by atoms with Crippen molar-refractivity contribution in [2.75, 3.05) is 25.1 Å². The predicted molar refractivity (Wildman–Crippen MR) is 83.6 cm³/mol. The number of benzene rings is 1. The van der Waals surface area contributed by atoms with E-state index in [1.54, 1.807) is 18.2 Å². The Balaban J connectivity index is 2.23. The minimum Gasteiger partial charge on any atom is -0.465 e. The first-order valence-corrected chi connectivity index (χ1v) is 7.14. The Hall–Kier alpha value is -2.61. The summed E-state index contributed by atoms with van der Waals surface area (Å²) < 4.78 is 9.67. The van der Waals surface area contributed by atoms with Crippen molar-refractivity contribution in [3.63, 3.8) is 0 Å². The average Bonchev–Trinajstić information content (AvgIpc) is 2.52. The number of rotatable bonds is 8. The van der Waals surface area contributed by atoms with E-state index in [1.807, 2.05) is 6.07 Å². The fourth-order valence-corrected chi connectivity index (χ4v) is 1.66. The molecule has 0 saturated carbocycles. The number of nitrogens with two attached hydrogens (primary N) is 1. The summed E-state index contributed by atoms with van der Waals surface area (Å²) in [6.07, 6.45) is -0.169. The van der Waals surface area contributed by atoms with Crippen LogP contribution < -0.4 is 16.4 Å². The number of amides is 2. The quantitative estimate of drug-likeness (QED) is 0.480. The molecule has 0 bridgehead atoms. The van der Waals surface area contributed by atoms with Gasteiger partial charge in [0, 0.05) is 25.6 Å². The molecule has 8 nitrogen and oxygen atoms in total. The van der Waals surface area contributed by atoms with Crippen molar-refractivity contribution in [3.05, 3.63) is 29.8 Å². The molecule has 4 N–H and O–H groups in total. The van der Waals surface area contributed by atoms with Gasteiger partial charge >= 0.3 is 12.1 Å². The van der Waals surface area contributed by atoms with E-state index in [2.05, 4.69) is 10.6 Å². The number of carbonyl (C=O) groups excluding carboxylic acids is 3. The Morgan fingerprint density at radius 2 is 1.91 bits per heavy atom. The van der Waals surface area contributed by atoms with E-state index in [0.29, 0.717) is 12.1 Å². The summed E-state index contributed by atoms with van der Waals surface area (Å²) in [6, 6.07) is 7.11. The van der Waals surface area contributed by atoms with E-state index in [0.717, 1.165) is 5.56 Å². The van der Waals surface area contributed by atoms with Crippen LogP contribution in [0.5, 0.6) is 0 Å². The van der Waals surface area contributed by atoms with Gasteiger partial charge in [-0.05, 0) is 17.7 Å². The molecular formula is C15H21N3O5. The summed E-state index contributed by atoms with van der Waals surface area (Å²) in [5.74, 6) is -0.654. The second kappa shape index (κ2) is 10.2. The standard InChI is InChI=1S/C15H21N3O5/c1-11(19)18-13-5-2-4-12(8-13)10-17-15(21)23-7-3-6-22-14(20)9-16/h2,4-5,8H,3,6-7,9-10,16H2,1H3,(H,17,21)(H,18,19). The molecule has 0 radical (unpaired) electrons. The molecule has 23 heavy (non-hydrogen) atoms. The highest BCUT2D eigenvalue weighted by Crippen LogP contribution is 2.10. The van der Waals surface area contributed by atoms with Gasteiger partial charge in [-0.1, -0.05) is 12.1 Å². The third-order valence-corrected chi connectivity index (χ3v) is 2.64. The number of alkyl carbamates (subject to hydrolysis) is 1. The number of ether oxygens (including phenoxy) is 2. The number of carbonyl (C=O) groups is 3. The zero-order valence-corrected chi connectivity index (χ0v) is 13.0. The van der Waals surface area contributed by atoms with Gasteiger partial charge in [0.05, 0.1) is 19.8 Å². The monoisotopic (exact) mass is 323 g/mol. The Bertz CT molecular complexity index is 548. The minimum atomic E-state index is -0.569. The van der Waals surface area contributed by atoms with E-state index in [9.17, 15) is 14.4 Å². The highest BCUT2D eigenvalue weighted by Gasteiger charge is 2.04. The maximum atomic E-state index is 11.5. The summed E-state index contributed by atoms with van der Waals surface area (Å²) in [5, 5.41) is 5.25. The zero-order valence-electron chi connectivity index (χ0n) is 13.0. The number of anilines is 1. The molecule has 1 aromatic carbocycles. The van der Waals surface area contributed by atoms with Crippen LogP contribution in [0.3, 0.4) is 0 Å². The maximum Gasteiger partial charge on any atom is 0.407 e. The third kappa shape index (κ3) is 8.42. The summed E-state index contributed by atoms with van der Waals surface area (Å²) in [6.45, 7) is 1.82. The van der Waals surface area contributed by atoms with Crippen molar-refractivity contribution in [1.82, 2.24) is 5.32 Å². The minimum absolute atomic E-state index is 0.135. The molecule has 0 aliphatic heterocycles. The van der Waals surface area contributed by atoms with Gasteiger partial charge in [-0.25, -0.2) is 4.79 Å². The van der Waals surface area contributed by atoms with Crippen LogP contribution in [0.4, 0.5) is 10.5 Å². The Morgan fingerprint density at radius 1 is 1.17 bits per heavy atom. The normalized spacial score (nSPS) is 9.83. The van der Waals surface area contributed by atoms with Crippen molar-refractivity contribution in [3.8, 4) is 0 Å². The molecule has 0 atom stereocenters. The molecular weight excluding hydrogens is 302 g/mol. The summed E-state index contributed by atoms with van der Waals surface area (Å²) in [5.41, 5.74) is 6.56. The number of esters is 1. The van der Waals surface area contributed by atoms with E-state index < -0.39 is 12.1 Å². The van der Waals surface area contributed by atoms with Gasteiger partial charge in [0.15, 0.2) is 0 Å². The maximum absolute atomic E-state index is 11.5. The van der Waals surface area contributed by atoms with Gasteiger partial charge < -0.3 is 25.8 Å². The fourth-order valence-electron chi connectivity index (χ4n) is 1.66. The number of nitrogens with one attached hydrogen (secondary N) is 2. The van der Waals surface area contributed by atoms with Crippen molar-refractivity contribution in [2.45, 2.75) is 19.9 Å². The van der Waals surface area contributed by atoms with Gasteiger partial charge in [0.2, 0.25) is 5.91 Å². The first-order valence-electron chi connectivity index (χ1n) is 7.14. The Kier molecular flexibility index (Phi) is 8.16. The van der Waals surface area contributed by atoms with Crippen LogP contribution in [0, 0.1) is 0 Å². The van der Waals surface area contributed by atoms with Crippen LogP contribution in [-0.4, -0.2) is 37.7 Å². The molecule has 0 fully saturated rings. The summed E-state index contributed by atoms with van der Waals surface area (Å²) in [7, 11) is 0. The molecule has 0 aliphatic carbocycles. The highest BCUT2D eigenvalue weighted by atomic mass is 16.6. The molecule has 0 saturated heterocycles. The summed E-state index contributed by atoms with van der Waals surface area (Å²) in [4.78, 5) is 33.3. The lowest BCUT2D eigenvalue weighted by atomic mass is 10.2. The van der Waals surface area contributed by atoms with Crippen LogP contribution in [0.2, 0.25) is 0 Å². The number of hydrogen-bond donors (Lipinski definition) is 3. The second-order valence-electron chi connectivity index (χ2n) is 4.65. The van der Waals surface area contributed by atoms with Gasteiger partial charge in [-0.3, -0.25) is 9.59 Å². The Labute approximate surface area is 134 Å². The molecule has 0 aliphatic rings. The Morgan fingerprint density at radius 3 is 2.61 bits per heavy atom. The van der Waals surface area contributed by atoms with Crippen LogP contribution in [0.15, 0.2) is 24.3 Å². The van der Waals surface area contributed by atoms with Crippen LogP contribution in [0.1, 0.15) is 18.9 Å². The van der Waals surface area contributed by atoms with Gasteiger partial charge in [-0.2, -0.15) is 0 Å². The molecule has 8 heteroatoms. The molecule has 1 rings (SSSR count). The SMILES string of the molecule is CC(=O)Nc1cccc(CNC(=O)OCCCOC(=O)CN)c1. The summed E-state index contributed by atoms with van der Waals surface area (Å²) >= 11 is 0. The van der Waals surface area contributed by atoms with Crippen LogP contribution in [-0.2, 0) is 25.6 Å². The van der Waals surface area contributed by atoms with Crippen LogP contribution in [0.25, 0.3) is 0 Å². The van der Waals surface area contributed by atoms with Gasteiger partial charge in [-0.15, -0.1) is 0 Å². The molecule has 0 aromatic heterocycles. The van der Waals surface area contributed by atoms with E-state index in [1.165, 1.54) is 6.92 Å². The zero-order chi connectivity index (χ0) is 17.1. The lowest BCUT2D eigenvalue weighted by molar-refractivity contribution is -0.142. The topological polar surface area (TPSA) is 120 Å². The van der Waals surface area contributed by atoms with E-state index in [4.69, 9.17) is 15.2 Å². The number of hydrogen-bond acceptors (Lipinski definition) is 6. The van der Waals surface area contributed by atoms with E-state index in [-0.39, 0.29) is 32.2 Å². The first-order chi connectivity index (χ1) is 11.0. The highest BCUT2D eigenvalue weighted by molar-refractivity contribution is 5.88. The molecule has 2 amide bonds. The van der Waals surface area contributed by atoms with E-state index >= 15 is 0 Å². The second-order valence-corrected chi connectivity index (χ2v) is 4.65. The van der Waals surface area contributed by atoms with Gasteiger partial charge in [0.1, 0.15) is 0 Å². The molecule has 0 unspecified atom stereocenters. The molecule has 0 spiro atoms. The molecule has 126 valence electrons. The fraction of sp³-hybridized carbons (Fsp3) is 0.400. The van der Waals surface area contributed by atoms with Crippen molar-refractivity contribution >= 4 is 23.7 Å². The van der Waals surface area contributed by atoms with Crippen molar-refractivity contribution < 1.29 is 23.9 Å². The molecule has 1 aromatic rings. The predicted octanol–water partition coefficient (Wildman–Crippen LogP) is 0.763. The third-order valence-electron chi connectivity index (χ3n) is 2.64. The first kappa shape index (κ1) is 18.4. The largest absolute Gasteiger partial charge is 0.465 e. The lowest BCUT2D eigenvalue weighted by Crippen LogP contribution is -2.25. The molecule has 0 heterocycles. The van der Waals surface area contributed by atoms with Gasteiger partial charge in [0.25, 0.3) is 0 Å². The smallest absolute Gasteiger partial charge is 0.407 e. The average molecular weight is 323 g/mol. The van der Waals surface area contributed by atoms with Crippen molar-refractivity contribution in [2.24, 2.45) is 5.73 Å². The van der Waals surface area contributed by atoms with Crippen LogP contribution >= 0.6 is 0 Å².